The second-order valence-electron chi connectivity index (χ2n) is 4.23. The van der Waals surface area contributed by atoms with Crippen molar-refractivity contribution in [3.8, 4) is 0 Å². The number of carbonyl (C=O) groups excluding carboxylic acids is 2. The van der Waals surface area contributed by atoms with Gasteiger partial charge in [-0.2, -0.15) is 0 Å². The molecule has 15 heavy (non-hydrogen) atoms. The summed E-state index contributed by atoms with van der Waals surface area (Å²) < 4.78 is 4.47. The van der Waals surface area contributed by atoms with Gasteiger partial charge in [-0.05, 0) is 11.8 Å². The molecule has 0 aliphatic heterocycles. The molecule has 0 aromatic heterocycles. The molecule has 0 N–H and O–H groups in total. The van der Waals surface area contributed by atoms with Crippen LogP contribution in [0.2, 0.25) is 0 Å². The lowest BCUT2D eigenvalue weighted by Crippen LogP contribution is -2.27. The fourth-order valence-electron chi connectivity index (χ4n) is 1.85. The largest absolute Gasteiger partial charge is 0.469 e. The van der Waals surface area contributed by atoms with Gasteiger partial charge in [0.1, 0.15) is 12.2 Å². The Labute approximate surface area is 103 Å². The van der Waals surface area contributed by atoms with E-state index in [2.05, 4.69) is 4.74 Å². The molecule has 0 aliphatic rings. The Balaban J connectivity index is 0. The van der Waals surface area contributed by atoms with Crippen LogP contribution in [0.15, 0.2) is 0 Å². The van der Waals surface area contributed by atoms with E-state index >= 15 is 0 Å². The highest BCUT2D eigenvalue weighted by atomic mass is 27.0. The van der Waals surface area contributed by atoms with E-state index in [0.29, 0.717) is 0 Å². The summed E-state index contributed by atoms with van der Waals surface area (Å²) in [5.41, 5.74) is 0. The number of esters is 1. The average molecular weight is 230 g/mol. The van der Waals surface area contributed by atoms with E-state index in [1.807, 2.05) is 27.7 Å². The summed E-state index contributed by atoms with van der Waals surface area (Å²) in [4.78, 5) is 22.6. The molecule has 0 spiro atoms. The summed E-state index contributed by atoms with van der Waals surface area (Å²) >= 11 is 0. The zero-order valence-electron chi connectivity index (χ0n) is 9.66. The van der Waals surface area contributed by atoms with E-state index in [-0.39, 0.29) is 47.3 Å². The number of Topliss-reactive ketones (excluding diaryl/α,β-unsaturated/α-hetero) is 1. The lowest BCUT2D eigenvalue weighted by Gasteiger charge is -2.22. The molecule has 4 heteroatoms. The Hall–Kier alpha value is -0.328. The van der Waals surface area contributed by atoms with Gasteiger partial charge in [-0.1, -0.05) is 27.7 Å². The molecule has 0 saturated heterocycles. The quantitative estimate of drug-likeness (QED) is 0.400. The summed E-state index contributed by atoms with van der Waals surface area (Å²) in [6.07, 6.45) is -0.0997. The number of methoxy groups -OCH3 is 1. The number of carbonyl (C=O) groups is 2. The minimum absolute atomic E-state index is 0. The van der Waals surface area contributed by atoms with Gasteiger partial charge in [-0.25, -0.2) is 0 Å². The predicted octanol–water partition coefficient (Wildman–Crippen LogP) is 0.863. The number of ether oxygens (including phenoxy) is 1. The molecule has 0 radical (unpaired) electrons. The van der Waals surface area contributed by atoms with Crippen LogP contribution in [-0.4, -0.2) is 36.2 Å². The SMILES string of the molecule is COC(=O)CC(=O)C(C(C)C)C(C)C.[AlH3]. The van der Waals surface area contributed by atoms with Gasteiger partial charge >= 0.3 is 5.97 Å². The highest BCUT2D eigenvalue weighted by molar-refractivity contribution is 5.96. The number of ketones is 1. The van der Waals surface area contributed by atoms with Crippen LogP contribution in [-0.2, 0) is 14.3 Å². The second kappa shape index (κ2) is 7.90. The van der Waals surface area contributed by atoms with E-state index < -0.39 is 5.97 Å². The molecular weight excluding hydrogens is 207 g/mol. The first-order chi connectivity index (χ1) is 6.40. The molecule has 0 amide bonds. The maximum Gasteiger partial charge on any atom is 0.313 e. The molecule has 0 aromatic rings. The van der Waals surface area contributed by atoms with Crippen LogP contribution < -0.4 is 0 Å². The lowest BCUT2D eigenvalue weighted by molar-refractivity contribution is -0.144. The third-order valence-electron chi connectivity index (χ3n) is 2.35. The van der Waals surface area contributed by atoms with Gasteiger partial charge in [-0.3, -0.25) is 9.59 Å². The highest BCUT2D eigenvalue weighted by Crippen LogP contribution is 2.22. The zero-order valence-corrected chi connectivity index (χ0v) is 9.66. The molecule has 0 atom stereocenters. The van der Waals surface area contributed by atoms with Gasteiger partial charge in [0.2, 0.25) is 0 Å². The van der Waals surface area contributed by atoms with E-state index in [9.17, 15) is 9.59 Å². The summed E-state index contributed by atoms with van der Waals surface area (Å²) in [5, 5.41) is 0. The Morgan fingerprint density at radius 3 is 1.73 bits per heavy atom. The van der Waals surface area contributed by atoms with Crippen LogP contribution in [0.4, 0.5) is 0 Å². The van der Waals surface area contributed by atoms with Crippen molar-refractivity contribution in [2.45, 2.75) is 34.1 Å². The van der Waals surface area contributed by atoms with Crippen LogP contribution in [0, 0.1) is 17.8 Å². The third kappa shape index (κ3) is 5.96. The number of rotatable bonds is 5. The van der Waals surface area contributed by atoms with Gasteiger partial charge < -0.3 is 4.74 Å². The van der Waals surface area contributed by atoms with Gasteiger partial charge in [0, 0.05) is 5.92 Å². The molecule has 0 rings (SSSR count). The maximum absolute atomic E-state index is 11.7. The fourth-order valence-corrected chi connectivity index (χ4v) is 1.85. The summed E-state index contributed by atoms with van der Waals surface area (Å²) in [6, 6.07) is 0. The van der Waals surface area contributed by atoms with Crippen molar-refractivity contribution in [2.75, 3.05) is 7.11 Å². The van der Waals surface area contributed by atoms with E-state index in [0.717, 1.165) is 0 Å². The smallest absolute Gasteiger partial charge is 0.313 e. The second-order valence-corrected chi connectivity index (χ2v) is 4.23. The van der Waals surface area contributed by atoms with Crippen LogP contribution >= 0.6 is 0 Å². The van der Waals surface area contributed by atoms with Crippen molar-refractivity contribution in [1.29, 1.82) is 0 Å². The lowest BCUT2D eigenvalue weighted by atomic mass is 9.81. The van der Waals surface area contributed by atoms with Crippen molar-refractivity contribution in [3.63, 3.8) is 0 Å². The normalized spacial score (nSPS) is 10.4. The van der Waals surface area contributed by atoms with Gasteiger partial charge in [0.15, 0.2) is 17.4 Å². The van der Waals surface area contributed by atoms with E-state index in [1.54, 1.807) is 0 Å². The first-order valence-corrected chi connectivity index (χ1v) is 4.99. The van der Waals surface area contributed by atoms with Crippen molar-refractivity contribution in [3.05, 3.63) is 0 Å². The molecule has 0 heterocycles. The molecular formula is C11H23AlO3. The molecule has 0 saturated carbocycles. The first-order valence-electron chi connectivity index (χ1n) is 4.99. The third-order valence-corrected chi connectivity index (χ3v) is 2.35. The molecule has 0 aromatic carbocycles. The number of hydrogen-bond donors (Lipinski definition) is 0. The topological polar surface area (TPSA) is 43.4 Å². The monoisotopic (exact) mass is 230 g/mol. The molecule has 0 aliphatic carbocycles. The van der Waals surface area contributed by atoms with Crippen LogP contribution in [0.25, 0.3) is 0 Å². The van der Waals surface area contributed by atoms with Crippen LogP contribution in [0.1, 0.15) is 34.1 Å². The van der Waals surface area contributed by atoms with Gasteiger partial charge in [0.25, 0.3) is 0 Å². The predicted molar refractivity (Wildman–Crippen MR) is 64.7 cm³/mol. The summed E-state index contributed by atoms with van der Waals surface area (Å²) in [6.45, 7) is 8.00. The Morgan fingerprint density at radius 1 is 1.07 bits per heavy atom. The van der Waals surface area contributed by atoms with Crippen molar-refractivity contribution in [1.82, 2.24) is 0 Å². The standard InChI is InChI=1S/C11H20O3.Al.3H/c1-7(2)11(8(3)4)9(12)6-10(13)14-5;;;;/h7-8,11H,6H2,1-5H3;;;;. The highest BCUT2D eigenvalue weighted by Gasteiger charge is 2.26. The Bertz CT molecular complexity index is 204. The molecule has 3 nitrogen and oxygen atoms in total. The molecule has 0 unspecified atom stereocenters. The minimum atomic E-state index is -0.443. The zero-order chi connectivity index (χ0) is 11.3. The van der Waals surface area contributed by atoms with E-state index in [1.165, 1.54) is 7.11 Å². The molecule has 88 valence electrons. The van der Waals surface area contributed by atoms with E-state index in [4.69, 9.17) is 0 Å². The van der Waals surface area contributed by atoms with Crippen molar-refractivity contribution < 1.29 is 14.3 Å². The van der Waals surface area contributed by atoms with Crippen molar-refractivity contribution in [2.24, 2.45) is 17.8 Å². The summed E-state index contributed by atoms with van der Waals surface area (Å²) in [7, 11) is 1.30. The molecule has 0 fully saturated rings. The van der Waals surface area contributed by atoms with Crippen molar-refractivity contribution >= 4 is 29.1 Å². The fraction of sp³-hybridized carbons (Fsp3) is 0.818. The average Bonchev–Trinajstić information content (AvgIpc) is 2.02. The van der Waals surface area contributed by atoms with Gasteiger partial charge in [0.05, 0.1) is 7.11 Å². The van der Waals surface area contributed by atoms with Crippen LogP contribution in [0.3, 0.4) is 0 Å². The van der Waals surface area contributed by atoms with Gasteiger partial charge in [-0.15, -0.1) is 0 Å². The Morgan fingerprint density at radius 2 is 1.47 bits per heavy atom. The minimum Gasteiger partial charge on any atom is -0.469 e. The summed E-state index contributed by atoms with van der Waals surface area (Å²) in [5.74, 6) is 0.0385. The first kappa shape index (κ1) is 17.1. The molecule has 0 bridgehead atoms. The number of hydrogen-bond acceptors (Lipinski definition) is 3. The maximum atomic E-state index is 11.7. The van der Waals surface area contributed by atoms with Crippen LogP contribution in [0.5, 0.6) is 0 Å². The Kier molecular flexibility index (Phi) is 8.99.